The molecule has 0 saturated heterocycles. The van der Waals surface area contributed by atoms with Crippen molar-refractivity contribution in [2.75, 3.05) is 0 Å². The Hall–Kier alpha value is -1.39. The minimum Gasteiger partial charge on any atom is -0.482 e. The predicted octanol–water partition coefficient (Wildman–Crippen LogP) is 3.85. The van der Waals surface area contributed by atoms with Crippen molar-refractivity contribution in [1.82, 2.24) is 4.98 Å². The maximum atomic E-state index is 6.33. The monoisotopic (exact) mass is 286 g/mol. The molecule has 2 aromatic rings. The molecule has 1 aliphatic heterocycles. The molecule has 4 rings (SSSR count). The van der Waals surface area contributed by atoms with Gasteiger partial charge in [0.1, 0.15) is 16.4 Å². The lowest BCUT2D eigenvalue weighted by molar-refractivity contribution is 0.109. The number of hydrogen-bond acceptors (Lipinski definition) is 4. The molecule has 1 aromatic heterocycles. The van der Waals surface area contributed by atoms with Gasteiger partial charge in [-0.1, -0.05) is 12.1 Å². The molecule has 20 heavy (non-hydrogen) atoms. The van der Waals surface area contributed by atoms with Crippen LogP contribution in [0.25, 0.3) is 11.3 Å². The highest BCUT2D eigenvalue weighted by Gasteiger charge is 2.38. The fourth-order valence-electron chi connectivity index (χ4n) is 2.80. The van der Waals surface area contributed by atoms with E-state index in [1.54, 1.807) is 11.3 Å². The average Bonchev–Trinajstić information content (AvgIpc) is 3.15. The van der Waals surface area contributed by atoms with Crippen LogP contribution in [0.5, 0.6) is 5.75 Å². The van der Waals surface area contributed by atoms with Crippen LogP contribution in [0.2, 0.25) is 0 Å². The van der Waals surface area contributed by atoms with E-state index in [1.807, 2.05) is 18.2 Å². The fourth-order valence-corrected chi connectivity index (χ4v) is 4.01. The number of aromatic nitrogens is 1. The Labute approximate surface area is 122 Å². The minimum atomic E-state index is -0.330. The van der Waals surface area contributed by atoms with Crippen LogP contribution in [0.3, 0.4) is 0 Å². The largest absolute Gasteiger partial charge is 0.482 e. The lowest BCUT2D eigenvalue weighted by atomic mass is 9.97. The lowest BCUT2D eigenvalue weighted by Gasteiger charge is -2.31. The van der Waals surface area contributed by atoms with Gasteiger partial charge in [0, 0.05) is 5.56 Å². The molecule has 0 bridgehead atoms. The second-order valence-electron chi connectivity index (χ2n) is 6.20. The first-order valence-corrected chi connectivity index (χ1v) is 7.93. The van der Waals surface area contributed by atoms with Crippen LogP contribution < -0.4 is 10.5 Å². The number of ether oxygens (including phenoxy) is 1. The molecule has 0 spiro atoms. The molecule has 0 amide bonds. The van der Waals surface area contributed by atoms with Crippen molar-refractivity contribution in [3.05, 3.63) is 34.2 Å². The fraction of sp³-hybridized carbons (Fsp3) is 0.438. The highest BCUT2D eigenvalue weighted by molar-refractivity contribution is 7.12. The summed E-state index contributed by atoms with van der Waals surface area (Å²) in [5.41, 5.74) is 8.15. The van der Waals surface area contributed by atoms with Gasteiger partial charge in [-0.3, -0.25) is 0 Å². The molecule has 2 heterocycles. The second kappa shape index (κ2) is 4.06. The maximum absolute atomic E-state index is 6.33. The topological polar surface area (TPSA) is 48.1 Å². The summed E-state index contributed by atoms with van der Waals surface area (Å²) < 4.78 is 6.14. The maximum Gasteiger partial charge on any atom is 0.140 e. The first-order valence-electron chi connectivity index (χ1n) is 7.11. The zero-order valence-electron chi connectivity index (χ0n) is 11.7. The van der Waals surface area contributed by atoms with Crippen LogP contribution in [0.1, 0.15) is 42.6 Å². The van der Waals surface area contributed by atoms with Gasteiger partial charge in [0.25, 0.3) is 0 Å². The quantitative estimate of drug-likeness (QED) is 0.912. The summed E-state index contributed by atoms with van der Waals surface area (Å²) >= 11 is 1.72. The van der Waals surface area contributed by atoms with E-state index in [0.717, 1.165) is 22.0 Å². The minimum absolute atomic E-state index is 0.0913. The summed E-state index contributed by atoms with van der Waals surface area (Å²) in [6, 6.07) is 8.22. The van der Waals surface area contributed by atoms with Gasteiger partial charge in [-0.15, -0.1) is 11.3 Å². The molecule has 1 aromatic carbocycles. The van der Waals surface area contributed by atoms with E-state index < -0.39 is 0 Å². The van der Waals surface area contributed by atoms with Gasteiger partial charge < -0.3 is 10.5 Å². The van der Waals surface area contributed by atoms with Crippen LogP contribution in [0, 0.1) is 5.92 Å². The van der Waals surface area contributed by atoms with Crippen molar-refractivity contribution >= 4 is 11.3 Å². The summed E-state index contributed by atoms with van der Waals surface area (Å²) in [7, 11) is 0. The van der Waals surface area contributed by atoms with Crippen molar-refractivity contribution in [2.45, 2.75) is 38.3 Å². The van der Waals surface area contributed by atoms with Crippen molar-refractivity contribution in [3.8, 4) is 17.0 Å². The van der Waals surface area contributed by atoms with Crippen LogP contribution >= 0.6 is 11.3 Å². The number of fused-ring (bicyclic) bond motifs is 3. The highest BCUT2D eigenvalue weighted by atomic mass is 32.1. The molecule has 1 saturated carbocycles. The molecule has 3 nitrogen and oxygen atoms in total. The highest BCUT2D eigenvalue weighted by Crippen LogP contribution is 2.49. The van der Waals surface area contributed by atoms with Gasteiger partial charge in [-0.2, -0.15) is 0 Å². The number of hydrogen-bond donors (Lipinski definition) is 1. The van der Waals surface area contributed by atoms with Crippen molar-refractivity contribution in [1.29, 1.82) is 0 Å². The van der Waals surface area contributed by atoms with Crippen LogP contribution in [0.4, 0.5) is 0 Å². The predicted molar refractivity (Wildman–Crippen MR) is 80.9 cm³/mol. The summed E-state index contributed by atoms with van der Waals surface area (Å²) in [6.07, 6.45) is 2.48. The van der Waals surface area contributed by atoms with E-state index in [1.165, 1.54) is 17.7 Å². The number of nitrogens with zero attached hydrogens (tertiary/aromatic N) is 1. The zero-order chi connectivity index (χ0) is 13.9. The van der Waals surface area contributed by atoms with Crippen molar-refractivity contribution in [3.63, 3.8) is 0 Å². The summed E-state index contributed by atoms with van der Waals surface area (Å²) in [5, 5.41) is 1.06. The van der Waals surface area contributed by atoms with Gasteiger partial charge in [0.15, 0.2) is 0 Å². The third kappa shape index (κ3) is 1.79. The van der Waals surface area contributed by atoms with Crippen LogP contribution in [-0.2, 0) is 5.60 Å². The molecule has 0 radical (unpaired) electrons. The number of rotatable bonds is 2. The summed E-state index contributed by atoms with van der Waals surface area (Å²) in [4.78, 5) is 6.06. The molecule has 1 unspecified atom stereocenters. The molecular weight excluding hydrogens is 268 g/mol. The van der Waals surface area contributed by atoms with Gasteiger partial charge in [-0.25, -0.2) is 4.98 Å². The van der Waals surface area contributed by atoms with Crippen LogP contribution in [0.15, 0.2) is 24.3 Å². The first-order chi connectivity index (χ1) is 9.56. The van der Waals surface area contributed by atoms with E-state index in [-0.39, 0.29) is 11.6 Å². The third-order valence-corrected chi connectivity index (χ3v) is 5.57. The van der Waals surface area contributed by atoms with Gasteiger partial charge in [0.05, 0.1) is 16.6 Å². The van der Waals surface area contributed by atoms with E-state index in [0.29, 0.717) is 5.92 Å². The Morgan fingerprint density at radius 1 is 1.35 bits per heavy atom. The molecular formula is C16H18N2OS. The third-order valence-electron chi connectivity index (χ3n) is 4.11. The van der Waals surface area contributed by atoms with E-state index >= 15 is 0 Å². The molecule has 1 aliphatic carbocycles. The molecule has 2 N–H and O–H groups in total. The Morgan fingerprint density at radius 2 is 2.10 bits per heavy atom. The van der Waals surface area contributed by atoms with Gasteiger partial charge >= 0.3 is 0 Å². The van der Waals surface area contributed by atoms with E-state index in [4.69, 9.17) is 15.5 Å². The molecule has 1 atom stereocenters. The Bertz CT molecular complexity index is 673. The normalized spacial score (nSPS) is 20.8. The molecule has 4 heteroatoms. The number of benzene rings is 1. The Morgan fingerprint density at radius 3 is 2.85 bits per heavy atom. The molecule has 2 aliphatic rings. The number of nitrogens with two attached hydrogens (primary N) is 1. The standard InChI is InChI=1S/C16H18N2OS/c1-16(2)14-13(10-5-3-4-6-11(10)19-16)18-15(20-14)12(17)9-7-8-9/h3-6,9,12H,7-8,17H2,1-2H3. The number of para-hydroxylation sites is 1. The Balaban J connectivity index is 1.87. The first kappa shape index (κ1) is 12.4. The molecule has 1 fully saturated rings. The summed E-state index contributed by atoms with van der Waals surface area (Å²) in [5.74, 6) is 1.55. The van der Waals surface area contributed by atoms with Crippen LogP contribution in [-0.4, -0.2) is 4.98 Å². The SMILES string of the molecule is CC1(C)Oc2ccccc2-c2nc(C(N)C3CC3)sc21. The summed E-state index contributed by atoms with van der Waals surface area (Å²) in [6.45, 7) is 4.21. The average molecular weight is 286 g/mol. The van der Waals surface area contributed by atoms with Crippen molar-refractivity contribution in [2.24, 2.45) is 11.7 Å². The molecule has 104 valence electrons. The number of thiazole rings is 1. The smallest absolute Gasteiger partial charge is 0.140 e. The van der Waals surface area contributed by atoms with Gasteiger partial charge in [0.2, 0.25) is 0 Å². The zero-order valence-corrected chi connectivity index (χ0v) is 12.5. The van der Waals surface area contributed by atoms with E-state index in [2.05, 4.69) is 19.9 Å². The Kier molecular flexibility index (Phi) is 2.51. The van der Waals surface area contributed by atoms with Crippen molar-refractivity contribution < 1.29 is 4.74 Å². The second-order valence-corrected chi connectivity index (χ2v) is 7.23. The van der Waals surface area contributed by atoms with Gasteiger partial charge in [-0.05, 0) is 44.7 Å². The van der Waals surface area contributed by atoms with E-state index in [9.17, 15) is 0 Å². The lowest BCUT2D eigenvalue weighted by Crippen LogP contribution is -2.27.